The highest BCUT2D eigenvalue weighted by atomic mass is 16.6. The zero-order valence-corrected chi connectivity index (χ0v) is 17.7. The summed E-state index contributed by atoms with van der Waals surface area (Å²) in [6, 6.07) is 13.3. The second-order valence-corrected chi connectivity index (χ2v) is 8.52. The maximum atomic E-state index is 12.7. The highest BCUT2D eigenvalue weighted by Crippen LogP contribution is 2.34. The van der Waals surface area contributed by atoms with Crippen molar-refractivity contribution in [1.82, 2.24) is 14.7 Å². The fraction of sp³-hybridized carbons (Fsp3) is 0.250. The van der Waals surface area contributed by atoms with Crippen molar-refractivity contribution in [3.8, 4) is 17.2 Å². The van der Waals surface area contributed by atoms with Gasteiger partial charge in [0.1, 0.15) is 5.60 Å². The van der Waals surface area contributed by atoms with Gasteiger partial charge >= 0.3 is 6.09 Å². The Morgan fingerprint density at radius 3 is 2.71 bits per heavy atom. The Labute approximate surface area is 180 Å². The van der Waals surface area contributed by atoms with Crippen LogP contribution in [0.5, 0.6) is 0 Å². The predicted molar refractivity (Wildman–Crippen MR) is 116 cm³/mol. The van der Waals surface area contributed by atoms with Crippen LogP contribution in [-0.4, -0.2) is 38.8 Å². The van der Waals surface area contributed by atoms with Crippen LogP contribution in [0.25, 0.3) is 22.0 Å². The van der Waals surface area contributed by atoms with Crippen LogP contribution < -0.4 is 0 Å². The molecule has 2 heterocycles. The highest BCUT2D eigenvalue weighted by molar-refractivity contribution is 6.01. The monoisotopic (exact) mass is 414 g/mol. The lowest BCUT2D eigenvalue weighted by Gasteiger charge is -2.19. The minimum absolute atomic E-state index is 0.105. The molecular formula is C24H22N4O3. The van der Waals surface area contributed by atoms with Gasteiger partial charge in [-0.25, -0.2) is 4.79 Å². The number of ether oxygens (including phenoxy) is 1. The molecule has 3 aromatic rings. The van der Waals surface area contributed by atoms with E-state index in [2.05, 4.69) is 11.7 Å². The lowest BCUT2D eigenvalue weighted by Crippen LogP contribution is -2.27. The SMILES string of the molecule is C=C(C#N)CN1Cc2c(cccc2-c2ccc3c(cnn3C(=O)OC(C)(C)C)c2)C1=O. The minimum Gasteiger partial charge on any atom is -0.442 e. The van der Waals surface area contributed by atoms with E-state index in [1.54, 1.807) is 37.9 Å². The van der Waals surface area contributed by atoms with Gasteiger partial charge in [0.25, 0.3) is 5.91 Å². The van der Waals surface area contributed by atoms with Gasteiger partial charge in [0.2, 0.25) is 0 Å². The smallest absolute Gasteiger partial charge is 0.435 e. The van der Waals surface area contributed by atoms with Crippen molar-refractivity contribution in [3.63, 3.8) is 0 Å². The van der Waals surface area contributed by atoms with E-state index in [0.29, 0.717) is 23.2 Å². The van der Waals surface area contributed by atoms with E-state index < -0.39 is 11.7 Å². The fourth-order valence-electron chi connectivity index (χ4n) is 3.71. The van der Waals surface area contributed by atoms with Gasteiger partial charge in [0, 0.05) is 23.1 Å². The van der Waals surface area contributed by atoms with E-state index in [1.807, 2.05) is 36.4 Å². The average Bonchev–Trinajstić information content (AvgIpc) is 3.27. The molecule has 156 valence electrons. The van der Waals surface area contributed by atoms with Crippen LogP contribution in [0.2, 0.25) is 0 Å². The third-order valence-electron chi connectivity index (χ3n) is 5.03. The summed E-state index contributed by atoms with van der Waals surface area (Å²) < 4.78 is 6.67. The Balaban J connectivity index is 1.69. The normalized spacial score (nSPS) is 13.2. The highest BCUT2D eigenvalue weighted by Gasteiger charge is 2.30. The van der Waals surface area contributed by atoms with Crippen molar-refractivity contribution in [2.75, 3.05) is 6.54 Å². The van der Waals surface area contributed by atoms with Crippen molar-refractivity contribution in [3.05, 3.63) is 65.9 Å². The Kier molecular flexibility index (Phi) is 4.86. The number of rotatable bonds is 3. The molecule has 0 saturated heterocycles. The lowest BCUT2D eigenvalue weighted by molar-refractivity contribution is 0.0522. The summed E-state index contributed by atoms with van der Waals surface area (Å²) in [7, 11) is 0. The first-order valence-corrected chi connectivity index (χ1v) is 9.88. The van der Waals surface area contributed by atoms with Crippen LogP contribution in [0, 0.1) is 11.3 Å². The van der Waals surface area contributed by atoms with E-state index in [0.717, 1.165) is 22.1 Å². The Morgan fingerprint density at radius 1 is 1.26 bits per heavy atom. The number of nitriles is 1. The van der Waals surface area contributed by atoms with Crippen LogP contribution >= 0.6 is 0 Å². The van der Waals surface area contributed by atoms with Crippen molar-refractivity contribution in [1.29, 1.82) is 5.26 Å². The number of carbonyl (C=O) groups excluding carboxylic acids is 2. The largest absolute Gasteiger partial charge is 0.442 e. The molecule has 1 amide bonds. The molecule has 31 heavy (non-hydrogen) atoms. The molecule has 1 aliphatic heterocycles. The Bertz CT molecular complexity index is 1270. The Morgan fingerprint density at radius 2 is 2.00 bits per heavy atom. The summed E-state index contributed by atoms with van der Waals surface area (Å²) >= 11 is 0. The van der Waals surface area contributed by atoms with Crippen molar-refractivity contribution >= 4 is 22.9 Å². The van der Waals surface area contributed by atoms with Crippen LogP contribution in [0.3, 0.4) is 0 Å². The van der Waals surface area contributed by atoms with Gasteiger partial charge in [0.15, 0.2) is 0 Å². The number of fused-ring (bicyclic) bond motifs is 2. The second kappa shape index (κ2) is 7.40. The van der Waals surface area contributed by atoms with Gasteiger partial charge in [-0.1, -0.05) is 24.8 Å². The molecule has 7 heteroatoms. The molecular weight excluding hydrogens is 392 g/mol. The molecule has 7 nitrogen and oxygen atoms in total. The van der Waals surface area contributed by atoms with Crippen molar-refractivity contribution in [2.24, 2.45) is 0 Å². The van der Waals surface area contributed by atoms with Crippen LogP contribution in [-0.2, 0) is 11.3 Å². The molecule has 0 spiro atoms. The second-order valence-electron chi connectivity index (χ2n) is 8.52. The number of carbonyl (C=O) groups is 2. The number of amides is 1. The number of hydrogen-bond donors (Lipinski definition) is 0. The number of benzene rings is 2. The maximum Gasteiger partial charge on any atom is 0.435 e. The third-order valence-corrected chi connectivity index (χ3v) is 5.03. The number of nitrogens with zero attached hydrogens (tertiary/aromatic N) is 4. The van der Waals surface area contributed by atoms with E-state index >= 15 is 0 Å². The van der Waals surface area contributed by atoms with Gasteiger partial charge < -0.3 is 9.64 Å². The zero-order chi connectivity index (χ0) is 22.3. The Hall–Kier alpha value is -3.92. The first kappa shape index (κ1) is 20.4. The van der Waals surface area contributed by atoms with E-state index in [1.165, 1.54) is 4.68 Å². The zero-order valence-electron chi connectivity index (χ0n) is 17.7. The topological polar surface area (TPSA) is 88.2 Å². The molecule has 0 saturated carbocycles. The quantitative estimate of drug-likeness (QED) is 0.588. The maximum absolute atomic E-state index is 12.7. The molecule has 1 aliphatic rings. The van der Waals surface area contributed by atoms with E-state index in [-0.39, 0.29) is 12.5 Å². The van der Waals surface area contributed by atoms with Gasteiger partial charge in [-0.05, 0) is 55.7 Å². The van der Waals surface area contributed by atoms with Crippen LogP contribution in [0.1, 0.15) is 36.7 Å². The first-order valence-electron chi connectivity index (χ1n) is 9.88. The fourth-order valence-corrected chi connectivity index (χ4v) is 3.71. The number of hydrogen-bond acceptors (Lipinski definition) is 5. The lowest BCUT2D eigenvalue weighted by atomic mass is 9.96. The van der Waals surface area contributed by atoms with Gasteiger partial charge in [-0.3, -0.25) is 4.79 Å². The number of aromatic nitrogens is 2. The molecule has 4 rings (SSSR count). The molecule has 0 atom stereocenters. The third kappa shape index (κ3) is 3.80. The summed E-state index contributed by atoms with van der Waals surface area (Å²) in [5.74, 6) is -0.105. The molecule has 0 fully saturated rings. The molecule has 1 aromatic heterocycles. The van der Waals surface area contributed by atoms with Gasteiger partial charge in [-0.2, -0.15) is 15.0 Å². The summed E-state index contributed by atoms with van der Waals surface area (Å²) in [6.07, 6.45) is 1.09. The first-order chi connectivity index (χ1) is 14.7. The molecule has 2 aromatic carbocycles. The van der Waals surface area contributed by atoms with Crippen LogP contribution in [0.4, 0.5) is 4.79 Å². The summed E-state index contributed by atoms with van der Waals surface area (Å²) in [4.78, 5) is 26.8. The van der Waals surface area contributed by atoms with Gasteiger partial charge in [-0.15, -0.1) is 0 Å². The predicted octanol–water partition coefficient (Wildman–Crippen LogP) is 4.52. The average molecular weight is 414 g/mol. The molecule has 0 bridgehead atoms. The van der Waals surface area contributed by atoms with Crippen molar-refractivity contribution < 1.29 is 14.3 Å². The molecule has 0 unspecified atom stereocenters. The van der Waals surface area contributed by atoms with Gasteiger partial charge in [0.05, 0.1) is 24.3 Å². The molecule has 0 N–H and O–H groups in total. The standard InChI is InChI=1S/C24H22N4O3/c1-15(11-25)13-27-14-20-18(6-5-7-19(20)22(27)29)16-8-9-21-17(10-16)12-26-28(21)23(30)31-24(2,3)4/h5-10,12H,1,13-14H2,2-4H3. The summed E-state index contributed by atoms with van der Waals surface area (Å²) in [6.45, 7) is 9.74. The van der Waals surface area contributed by atoms with E-state index in [4.69, 9.17) is 10.00 Å². The summed E-state index contributed by atoms with van der Waals surface area (Å²) in [5.41, 5.74) is 3.77. The van der Waals surface area contributed by atoms with E-state index in [9.17, 15) is 9.59 Å². The molecule has 0 aliphatic carbocycles. The summed E-state index contributed by atoms with van der Waals surface area (Å²) in [5, 5.41) is 14.0. The minimum atomic E-state index is -0.616. The van der Waals surface area contributed by atoms with Crippen molar-refractivity contribution in [2.45, 2.75) is 32.9 Å². The molecule has 0 radical (unpaired) electrons. The van der Waals surface area contributed by atoms with Crippen LogP contribution in [0.15, 0.2) is 54.7 Å².